The van der Waals surface area contributed by atoms with E-state index >= 15 is 0 Å². The molecule has 56 valence electrons. The number of rotatable bonds is 3. The van der Waals surface area contributed by atoms with Gasteiger partial charge in [0.25, 0.3) is 0 Å². The van der Waals surface area contributed by atoms with Crippen LogP contribution in [0.3, 0.4) is 0 Å². The van der Waals surface area contributed by atoms with Gasteiger partial charge in [0.1, 0.15) is 0 Å². The van der Waals surface area contributed by atoms with Crippen LogP contribution in [0.5, 0.6) is 0 Å². The average molecular weight is 140 g/mol. The highest BCUT2D eigenvalue weighted by atomic mass is 16.2. The molecule has 0 aromatic heterocycles. The standard InChI is InChI=1S/C7H12N2O/c1-4-5-6(8-2)7(10)9-3/h1,6,8H,5H2,2-3H3,(H,9,10). The third kappa shape index (κ3) is 2.51. The zero-order chi connectivity index (χ0) is 7.98. The van der Waals surface area contributed by atoms with Crippen molar-refractivity contribution >= 4 is 5.91 Å². The summed E-state index contributed by atoms with van der Waals surface area (Å²) in [6, 6.07) is -0.255. The van der Waals surface area contributed by atoms with Gasteiger partial charge in [-0.2, -0.15) is 0 Å². The molecule has 0 aliphatic carbocycles. The second kappa shape index (κ2) is 4.83. The van der Waals surface area contributed by atoms with Gasteiger partial charge in [-0.15, -0.1) is 12.3 Å². The van der Waals surface area contributed by atoms with Gasteiger partial charge in [-0.3, -0.25) is 4.79 Å². The summed E-state index contributed by atoms with van der Waals surface area (Å²) < 4.78 is 0. The van der Waals surface area contributed by atoms with Gasteiger partial charge >= 0.3 is 0 Å². The predicted octanol–water partition coefficient (Wildman–Crippen LogP) is -0.656. The molecule has 0 aliphatic rings. The van der Waals surface area contributed by atoms with Crippen LogP contribution in [-0.2, 0) is 4.79 Å². The number of nitrogens with one attached hydrogen (secondary N) is 2. The van der Waals surface area contributed by atoms with Crippen LogP contribution in [0, 0.1) is 12.3 Å². The normalized spacial score (nSPS) is 11.7. The van der Waals surface area contributed by atoms with Crippen LogP contribution in [0.4, 0.5) is 0 Å². The minimum Gasteiger partial charge on any atom is -0.358 e. The monoisotopic (exact) mass is 140 g/mol. The van der Waals surface area contributed by atoms with Crippen LogP contribution in [0.2, 0.25) is 0 Å². The van der Waals surface area contributed by atoms with E-state index in [2.05, 4.69) is 16.6 Å². The van der Waals surface area contributed by atoms with Crippen molar-refractivity contribution in [1.29, 1.82) is 0 Å². The fourth-order valence-corrected chi connectivity index (χ4v) is 0.618. The minimum absolute atomic E-state index is 0.0690. The molecule has 0 bridgehead atoms. The highest BCUT2D eigenvalue weighted by Gasteiger charge is 2.11. The third-order valence-electron chi connectivity index (χ3n) is 1.23. The summed E-state index contributed by atoms with van der Waals surface area (Å²) in [4.78, 5) is 10.9. The van der Waals surface area contributed by atoms with Crippen molar-refractivity contribution < 1.29 is 4.79 Å². The first-order valence-electron chi connectivity index (χ1n) is 3.08. The summed E-state index contributed by atoms with van der Waals surface area (Å²) in [5, 5.41) is 5.30. The van der Waals surface area contributed by atoms with Gasteiger partial charge in [0.05, 0.1) is 6.04 Å². The SMILES string of the molecule is C#CCC(NC)C(=O)NC. The Morgan fingerprint density at radius 1 is 1.70 bits per heavy atom. The molecule has 0 saturated heterocycles. The van der Waals surface area contributed by atoms with Crippen LogP contribution >= 0.6 is 0 Å². The van der Waals surface area contributed by atoms with E-state index in [-0.39, 0.29) is 11.9 Å². The Kier molecular flexibility index (Phi) is 4.34. The summed E-state index contributed by atoms with van der Waals surface area (Å²) in [7, 11) is 3.29. The number of hydrogen-bond acceptors (Lipinski definition) is 2. The van der Waals surface area contributed by atoms with Gasteiger partial charge < -0.3 is 10.6 Å². The maximum Gasteiger partial charge on any atom is 0.237 e. The van der Waals surface area contributed by atoms with E-state index in [1.807, 2.05) is 0 Å². The molecule has 0 saturated carbocycles. The summed E-state index contributed by atoms with van der Waals surface area (Å²) in [5.74, 6) is 2.34. The number of hydrogen-bond donors (Lipinski definition) is 2. The summed E-state index contributed by atoms with van der Waals surface area (Å²) in [5.41, 5.74) is 0. The molecule has 1 unspecified atom stereocenters. The Morgan fingerprint density at radius 2 is 2.30 bits per heavy atom. The molecule has 0 aliphatic heterocycles. The molecule has 1 atom stereocenters. The summed E-state index contributed by atoms with van der Waals surface area (Å²) >= 11 is 0. The molecule has 0 radical (unpaired) electrons. The van der Waals surface area contributed by atoms with Crippen molar-refractivity contribution in [2.45, 2.75) is 12.5 Å². The number of carbonyl (C=O) groups is 1. The molecular weight excluding hydrogens is 128 g/mol. The Morgan fingerprint density at radius 3 is 2.60 bits per heavy atom. The van der Waals surface area contributed by atoms with E-state index in [4.69, 9.17) is 6.42 Å². The first-order chi connectivity index (χ1) is 4.76. The van der Waals surface area contributed by atoms with Crippen molar-refractivity contribution in [3.63, 3.8) is 0 Å². The maximum absolute atomic E-state index is 10.9. The number of carbonyl (C=O) groups excluding carboxylic acids is 1. The van der Waals surface area contributed by atoms with Crippen molar-refractivity contribution in [2.24, 2.45) is 0 Å². The van der Waals surface area contributed by atoms with Gasteiger partial charge in [-0.25, -0.2) is 0 Å². The van der Waals surface area contributed by atoms with Crippen LogP contribution < -0.4 is 10.6 Å². The zero-order valence-electron chi connectivity index (χ0n) is 6.27. The Labute approximate surface area is 61.2 Å². The lowest BCUT2D eigenvalue weighted by Crippen LogP contribution is -2.40. The molecule has 0 aromatic rings. The lowest BCUT2D eigenvalue weighted by Gasteiger charge is -2.09. The molecule has 3 nitrogen and oxygen atoms in total. The quantitative estimate of drug-likeness (QED) is 0.511. The molecule has 0 heterocycles. The van der Waals surface area contributed by atoms with Gasteiger partial charge in [-0.05, 0) is 7.05 Å². The molecule has 0 spiro atoms. The van der Waals surface area contributed by atoms with Gasteiger partial charge in [0, 0.05) is 13.5 Å². The minimum atomic E-state index is -0.255. The predicted molar refractivity (Wildman–Crippen MR) is 40.4 cm³/mol. The molecule has 10 heavy (non-hydrogen) atoms. The topological polar surface area (TPSA) is 41.1 Å². The van der Waals surface area contributed by atoms with Crippen molar-refractivity contribution in [3.05, 3.63) is 0 Å². The van der Waals surface area contributed by atoms with Gasteiger partial charge in [0.15, 0.2) is 0 Å². The number of likely N-dealkylation sites (N-methyl/N-ethyl adjacent to an activating group) is 2. The largest absolute Gasteiger partial charge is 0.358 e. The third-order valence-corrected chi connectivity index (χ3v) is 1.23. The second-order valence-electron chi connectivity index (χ2n) is 1.86. The van der Waals surface area contributed by atoms with Gasteiger partial charge in [0.2, 0.25) is 5.91 Å². The number of terminal acetylenes is 1. The fraction of sp³-hybridized carbons (Fsp3) is 0.571. The molecular formula is C7H12N2O. The van der Waals surface area contributed by atoms with Crippen molar-refractivity contribution in [2.75, 3.05) is 14.1 Å². The van der Waals surface area contributed by atoms with Crippen molar-refractivity contribution in [1.82, 2.24) is 10.6 Å². The molecule has 0 aromatic carbocycles. The van der Waals surface area contributed by atoms with Crippen LogP contribution in [0.15, 0.2) is 0 Å². The lowest BCUT2D eigenvalue weighted by atomic mass is 10.2. The van der Waals surface area contributed by atoms with Crippen molar-refractivity contribution in [3.8, 4) is 12.3 Å². The molecule has 3 heteroatoms. The highest BCUT2D eigenvalue weighted by molar-refractivity contribution is 5.81. The Balaban J connectivity index is 3.83. The van der Waals surface area contributed by atoms with E-state index in [1.165, 1.54) is 0 Å². The zero-order valence-corrected chi connectivity index (χ0v) is 6.27. The molecule has 1 amide bonds. The lowest BCUT2D eigenvalue weighted by molar-refractivity contribution is -0.122. The second-order valence-corrected chi connectivity index (χ2v) is 1.86. The van der Waals surface area contributed by atoms with Gasteiger partial charge in [-0.1, -0.05) is 0 Å². The molecule has 2 N–H and O–H groups in total. The maximum atomic E-state index is 10.9. The fourth-order valence-electron chi connectivity index (χ4n) is 0.618. The number of amides is 1. The van der Waals surface area contributed by atoms with E-state index in [1.54, 1.807) is 14.1 Å². The van der Waals surface area contributed by atoms with E-state index in [0.717, 1.165) is 0 Å². The van der Waals surface area contributed by atoms with Crippen LogP contribution in [-0.4, -0.2) is 26.0 Å². The summed E-state index contributed by atoms with van der Waals surface area (Å²) in [6.45, 7) is 0. The van der Waals surface area contributed by atoms with E-state index < -0.39 is 0 Å². The van der Waals surface area contributed by atoms with E-state index in [0.29, 0.717) is 6.42 Å². The Bertz CT molecular complexity index is 148. The smallest absolute Gasteiger partial charge is 0.237 e. The first-order valence-corrected chi connectivity index (χ1v) is 3.08. The first kappa shape index (κ1) is 8.99. The van der Waals surface area contributed by atoms with Crippen LogP contribution in [0.25, 0.3) is 0 Å². The molecule has 0 fully saturated rings. The Hall–Kier alpha value is -1.01. The average Bonchev–Trinajstić information content (AvgIpc) is 1.99. The van der Waals surface area contributed by atoms with E-state index in [9.17, 15) is 4.79 Å². The molecule has 0 rings (SSSR count). The summed E-state index contributed by atoms with van der Waals surface area (Å²) in [6.07, 6.45) is 5.45. The highest BCUT2D eigenvalue weighted by Crippen LogP contribution is 1.87. The van der Waals surface area contributed by atoms with Crippen LogP contribution in [0.1, 0.15) is 6.42 Å².